The summed E-state index contributed by atoms with van der Waals surface area (Å²) in [5.41, 5.74) is 2.47. The largest absolute Gasteiger partial charge is 0.448 e. The van der Waals surface area contributed by atoms with Crippen molar-refractivity contribution in [3.05, 3.63) is 72.2 Å². The van der Waals surface area contributed by atoms with Crippen LogP contribution in [0.3, 0.4) is 0 Å². The molecule has 1 aliphatic rings. The summed E-state index contributed by atoms with van der Waals surface area (Å²) in [5.74, 6) is -0.395. The van der Waals surface area contributed by atoms with E-state index in [1.54, 1.807) is 30.0 Å². The fraction of sp³-hybridized carbons (Fsp3) is 0.227. The number of rotatable bonds is 4. The fourth-order valence-corrected chi connectivity index (χ4v) is 3.57. The van der Waals surface area contributed by atoms with Crippen molar-refractivity contribution in [2.75, 3.05) is 11.9 Å². The van der Waals surface area contributed by atoms with E-state index in [0.717, 1.165) is 17.5 Å². The first-order chi connectivity index (χ1) is 14.0. The van der Waals surface area contributed by atoms with Gasteiger partial charge in [0.2, 0.25) is 5.91 Å². The molecule has 1 atom stereocenters. The molecule has 1 saturated heterocycles. The Kier molecular flexibility index (Phi) is 5.12. The van der Waals surface area contributed by atoms with Gasteiger partial charge in [-0.1, -0.05) is 24.3 Å². The monoisotopic (exact) mass is 393 g/mol. The van der Waals surface area contributed by atoms with Gasteiger partial charge in [0.25, 0.3) is 5.91 Å². The normalized spacial score (nSPS) is 16.1. The van der Waals surface area contributed by atoms with Crippen molar-refractivity contribution in [1.82, 2.24) is 9.88 Å². The molecule has 3 aromatic rings. The van der Waals surface area contributed by atoms with Crippen molar-refractivity contribution in [3.63, 3.8) is 0 Å². The molecule has 1 aromatic heterocycles. The number of carbonyl (C=O) groups is 2. The van der Waals surface area contributed by atoms with Gasteiger partial charge in [-0.3, -0.25) is 9.59 Å². The molecule has 1 aliphatic heterocycles. The summed E-state index contributed by atoms with van der Waals surface area (Å²) in [6.07, 6.45) is 2.57. The zero-order valence-corrected chi connectivity index (χ0v) is 15.9. The van der Waals surface area contributed by atoms with Crippen molar-refractivity contribution in [3.8, 4) is 11.1 Å². The molecule has 6 nitrogen and oxygen atoms in total. The molecule has 2 amide bonds. The fourth-order valence-electron chi connectivity index (χ4n) is 3.57. The van der Waals surface area contributed by atoms with Crippen molar-refractivity contribution < 1.29 is 18.4 Å². The standard InChI is InChI=1S/C22H20FN3O3/c1-14-20(24-13-29-14)22(28)26-11-3-6-19(26)21(27)25-18-9-7-15(8-10-18)16-4-2-5-17(23)12-16/h2,4-5,7-10,12-13,19H,3,6,11H2,1H3,(H,25,27)/t19-/m1/s1. The number of likely N-dealkylation sites (tertiary alicyclic amines) is 1. The zero-order chi connectivity index (χ0) is 20.4. The first-order valence-corrected chi connectivity index (χ1v) is 9.41. The summed E-state index contributed by atoms with van der Waals surface area (Å²) in [5, 5.41) is 2.87. The average molecular weight is 393 g/mol. The molecule has 0 bridgehead atoms. The highest BCUT2D eigenvalue weighted by Gasteiger charge is 2.36. The summed E-state index contributed by atoms with van der Waals surface area (Å²) in [6, 6.07) is 13.0. The van der Waals surface area contributed by atoms with Gasteiger partial charge < -0.3 is 14.6 Å². The maximum Gasteiger partial charge on any atom is 0.276 e. The summed E-state index contributed by atoms with van der Waals surface area (Å²) in [7, 11) is 0. The Morgan fingerprint density at radius 2 is 1.97 bits per heavy atom. The smallest absolute Gasteiger partial charge is 0.276 e. The molecule has 0 spiro atoms. The van der Waals surface area contributed by atoms with Crippen molar-refractivity contribution in [2.45, 2.75) is 25.8 Å². The van der Waals surface area contributed by atoms with Gasteiger partial charge in [-0.15, -0.1) is 0 Å². The average Bonchev–Trinajstić information content (AvgIpc) is 3.37. The first-order valence-electron chi connectivity index (χ1n) is 9.41. The second-order valence-corrected chi connectivity index (χ2v) is 6.99. The molecule has 0 saturated carbocycles. The number of aryl methyl sites for hydroxylation is 1. The van der Waals surface area contributed by atoms with Gasteiger partial charge in [-0.25, -0.2) is 9.37 Å². The predicted molar refractivity (Wildman–Crippen MR) is 106 cm³/mol. The van der Waals surface area contributed by atoms with E-state index in [0.29, 0.717) is 24.4 Å². The van der Waals surface area contributed by atoms with Crippen LogP contribution in [0, 0.1) is 12.7 Å². The lowest BCUT2D eigenvalue weighted by atomic mass is 10.1. The van der Waals surface area contributed by atoms with E-state index in [4.69, 9.17) is 4.42 Å². The Bertz CT molecular complexity index is 1050. The van der Waals surface area contributed by atoms with E-state index >= 15 is 0 Å². The Morgan fingerprint density at radius 1 is 1.17 bits per heavy atom. The Hall–Kier alpha value is -3.48. The summed E-state index contributed by atoms with van der Waals surface area (Å²) in [6.45, 7) is 2.17. The van der Waals surface area contributed by atoms with Crippen molar-refractivity contribution in [1.29, 1.82) is 0 Å². The first kappa shape index (κ1) is 18.9. The molecule has 0 unspecified atom stereocenters. The van der Waals surface area contributed by atoms with Crippen LogP contribution in [0.1, 0.15) is 29.1 Å². The molecule has 0 aliphatic carbocycles. The van der Waals surface area contributed by atoms with Crippen LogP contribution >= 0.6 is 0 Å². The number of hydrogen-bond acceptors (Lipinski definition) is 4. The van der Waals surface area contributed by atoms with Gasteiger partial charge in [0.15, 0.2) is 12.1 Å². The molecule has 4 rings (SSSR count). The lowest BCUT2D eigenvalue weighted by Crippen LogP contribution is -2.43. The van der Waals surface area contributed by atoms with Gasteiger partial charge in [0.1, 0.15) is 17.6 Å². The van der Waals surface area contributed by atoms with Crippen LogP contribution in [0.2, 0.25) is 0 Å². The molecule has 2 heterocycles. The van der Waals surface area contributed by atoms with Crippen LogP contribution in [0.25, 0.3) is 11.1 Å². The van der Waals surface area contributed by atoms with Gasteiger partial charge in [-0.05, 0) is 55.2 Å². The third kappa shape index (κ3) is 3.89. The summed E-state index contributed by atoms with van der Waals surface area (Å²) < 4.78 is 18.5. The highest BCUT2D eigenvalue weighted by atomic mass is 19.1. The molecular weight excluding hydrogens is 373 g/mol. The van der Waals surface area contributed by atoms with Crippen LogP contribution in [-0.2, 0) is 4.79 Å². The quantitative estimate of drug-likeness (QED) is 0.726. The lowest BCUT2D eigenvalue weighted by molar-refractivity contribution is -0.119. The van der Waals surface area contributed by atoms with Crippen LogP contribution in [0.4, 0.5) is 10.1 Å². The number of halogens is 1. The molecule has 148 valence electrons. The predicted octanol–water partition coefficient (Wildman–Crippen LogP) is 4.03. The molecule has 7 heteroatoms. The number of oxazole rings is 1. The molecule has 29 heavy (non-hydrogen) atoms. The SMILES string of the molecule is Cc1ocnc1C(=O)N1CCC[C@@H]1C(=O)Nc1ccc(-c2cccc(F)c2)cc1. The Balaban J connectivity index is 1.46. The zero-order valence-electron chi connectivity index (χ0n) is 15.9. The number of amides is 2. The maximum atomic E-state index is 13.4. The molecular formula is C22H20FN3O3. The third-order valence-corrected chi connectivity index (χ3v) is 5.07. The summed E-state index contributed by atoms with van der Waals surface area (Å²) >= 11 is 0. The molecule has 2 aromatic carbocycles. The molecule has 1 N–H and O–H groups in total. The number of anilines is 1. The highest BCUT2D eigenvalue weighted by molar-refractivity contribution is 6.01. The number of nitrogens with one attached hydrogen (secondary N) is 1. The highest BCUT2D eigenvalue weighted by Crippen LogP contribution is 2.25. The second kappa shape index (κ2) is 7.87. The second-order valence-electron chi connectivity index (χ2n) is 6.99. The number of carbonyl (C=O) groups excluding carboxylic acids is 2. The van der Waals surface area contributed by atoms with E-state index < -0.39 is 6.04 Å². The van der Waals surface area contributed by atoms with Crippen molar-refractivity contribution in [2.24, 2.45) is 0 Å². The van der Waals surface area contributed by atoms with Gasteiger partial charge in [-0.2, -0.15) is 0 Å². The van der Waals surface area contributed by atoms with Crippen LogP contribution in [0.5, 0.6) is 0 Å². The lowest BCUT2D eigenvalue weighted by Gasteiger charge is -2.23. The topological polar surface area (TPSA) is 75.4 Å². The van der Waals surface area contributed by atoms with E-state index in [1.807, 2.05) is 18.2 Å². The van der Waals surface area contributed by atoms with Crippen molar-refractivity contribution >= 4 is 17.5 Å². The number of aromatic nitrogens is 1. The van der Waals surface area contributed by atoms with Crippen LogP contribution in [-0.4, -0.2) is 34.3 Å². The van der Waals surface area contributed by atoms with Gasteiger partial charge >= 0.3 is 0 Å². The summed E-state index contributed by atoms with van der Waals surface area (Å²) in [4.78, 5) is 31.0. The molecule has 0 radical (unpaired) electrons. The van der Waals surface area contributed by atoms with E-state index in [-0.39, 0.29) is 23.3 Å². The number of nitrogens with zero attached hydrogens (tertiary/aromatic N) is 2. The van der Waals surface area contributed by atoms with E-state index in [9.17, 15) is 14.0 Å². The Morgan fingerprint density at radius 3 is 2.66 bits per heavy atom. The minimum absolute atomic E-state index is 0.240. The van der Waals surface area contributed by atoms with E-state index in [1.165, 1.54) is 18.5 Å². The third-order valence-electron chi connectivity index (χ3n) is 5.07. The maximum absolute atomic E-state index is 13.4. The molecule has 1 fully saturated rings. The number of hydrogen-bond donors (Lipinski definition) is 1. The number of benzene rings is 2. The van der Waals surface area contributed by atoms with E-state index in [2.05, 4.69) is 10.3 Å². The van der Waals surface area contributed by atoms with Gasteiger partial charge in [0.05, 0.1) is 0 Å². The van der Waals surface area contributed by atoms with Crippen LogP contribution in [0.15, 0.2) is 59.3 Å². The Labute approximate surface area is 167 Å². The minimum atomic E-state index is -0.554. The van der Waals surface area contributed by atoms with Gasteiger partial charge in [0, 0.05) is 12.2 Å². The minimum Gasteiger partial charge on any atom is -0.448 e. The van der Waals surface area contributed by atoms with Crippen LogP contribution < -0.4 is 5.32 Å².